The van der Waals surface area contributed by atoms with Crippen molar-refractivity contribution in [2.45, 2.75) is 33.7 Å². The zero-order chi connectivity index (χ0) is 28.7. The molecule has 1 heterocycles. The minimum Gasteiger partial charge on any atom is -0.494 e. The molecule has 12 heteroatoms. The predicted octanol–water partition coefficient (Wildman–Crippen LogP) is 2.91. The molecule has 0 aliphatic heterocycles. The van der Waals surface area contributed by atoms with Crippen molar-refractivity contribution in [1.29, 1.82) is 0 Å². The van der Waals surface area contributed by atoms with E-state index in [9.17, 15) is 19.2 Å². The van der Waals surface area contributed by atoms with E-state index in [1.165, 1.54) is 4.90 Å². The number of rotatable bonds is 11. The van der Waals surface area contributed by atoms with Crippen molar-refractivity contribution in [3.63, 3.8) is 0 Å². The van der Waals surface area contributed by atoms with E-state index in [-0.39, 0.29) is 22.9 Å². The molecule has 0 aliphatic rings. The van der Waals surface area contributed by atoms with Crippen molar-refractivity contribution < 1.29 is 28.7 Å². The highest BCUT2D eigenvalue weighted by Gasteiger charge is 2.37. The largest absolute Gasteiger partial charge is 0.494 e. The first kappa shape index (κ1) is 29.1. The molecule has 206 valence electrons. The van der Waals surface area contributed by atoms with Gasteiger partial charge in [-0.25, -0.2) is 0 Å². The van der Waals surface area contributed by atoms with Crippen molar-refractivity contribution in [2.24, 2.45) is 5.73 Å². The third-order valence-corrected chi connectivity index (χ3v) is 6.56. The number of benzene rings is 2. The number of carbonyl (C=O) groups excluding carboxylic acids is 4. The van der Waals surface area contributed by atoms with Gasteiger partial charge in [-0.2, -0.15) is 4.37 Å². The molecule has 0 radical (unpaired) electrons. The summed E-state index contributed by atoms with van der Waals surface area (Å²) in [6.07, 6.45) is 0. The van der Waals surface area contributed by atoms with Crippen molar-refractivity contribution in [3.05, 3.63) is 69.7 Å². The first-order chi connectivity index (χ1) is 18.6. The van der Waals surface area contributed by atoms with Gasteiger partial charge in [0.15, 0.2) is 5.69 Å². The fourth-order valence-corrected chi connectivity index (χ4v) is 4.72. The van der Waals surface area contributed by atoms with E-state index < -0.39 is 36.3 Å². The Bertz CT molecular complexity index is 1370. The zero-order valence-electron chi connectivity index (χ0n) is 22.1. The van der Waals surface area contributed by atoms with Crippen LogP contribution >= 0.6 is 11.5 Å². The molecule has 1 aromatic heterocycles. The molecule has 3 amide bonds. The summed E-state index contributed by atoms with van der Waals surface area (Å²) in [5, 5.41) is 2.57. The van der Waals surface area contributed by atoms with E-state index in [0.717, 1.165) is 5.56 Å². The summed E-state index contributed by atoms with van der Waals surface area (Å²) in [6, 6.07) is 10.8. The van der Waals surface area contributed by atoms with Crippen LogP contribution in [0, 0.1) is 13.8 Å². The molecular weight excluding hydrogens is 522 g/mol. The van der Waals surface area contributed by atoms with Gasteiger partial charge in [-0.05, 0) is 68.6 Å². The number of nitrogens with one attached hydrogen (secondary N) is 1. The summed E-state index contributed by atoms with van der Waals surface area (Å²) in [7, 11) is 0. The van der Waals surface area contributed by atoms with Crippen LogP contribution in [0.3, 0.4) is 0 Å². The van der Waals surface area contributed by atoms with E-state index in [4.69, 9.17) is 20.9 Å². The first-order valence-corrected chi connectivity index (χ1v) is 13.0. The Morgan fingerprint density at radius 2 is 1.74 bits per heavy atom. The maximum Gasteiger partial charge on any atom is 0.325 e. The van der Waals surface area contributed by atoms with Gasteiger partial charge in [0.05, 0.1) is 18.9 Å². The van der Waals surface area contributed by atoms with E-state index >= 15 is 0 Å². The number of nitrogens with zero attached hydrogens (tertiary/aromatic N) is 2. The number of aryl methyl sites for hydroxylation is 2. The zero-order valence-corrected chi connectivity index (χ0v) is 23.0. The summed E-state index contributed by atoms with van der Waals surface area (Å²) >= 11 is 0.710. The highest BCUT2D eigenvalue weighted by molar-refractivity contribution is 7.09. The number of ether oxygens (including phenoxy) is 2. The minimum absolute atomic E-state index is 0.0575. The molecule has 0 aliphatic carbocycles. The van der Waals surface area contributed by atoms with Gasteiger partial charge < -0.3 is 26.3 Å². The Kier molecular flexibility index (Phi) is 9.61. The average Bonchev–Trinajstić information content (AvgIpc) is 3.28. The molecule has 3 rings (SSSR count). The minimum atomic E-state index is -1.25. The Morgan fingerprint density at radius 3 is 2.31 bits per heavy atom. The maximum absolute atomic E-state index is 14.1. The third-order valence-electron chi connectivity index (χ3n) is 5.71. The van der Waals surface area contributed by atoms with Crippen LogP contribution < -0.4 is 26.4 Å². The normalized spacial score (nSPS) is 11.4. The number of amides is 3. The fourth-order valence-electron chi connectivity index (χ4n) is 3.98. The van der Waals surface area contributed by atoms with Crippen molar-refractivity contribution >= 4 is 46.6 Å². The number of hydrogen-bond donors (Lipinski definition) is 3. The summed E-state index contributed by atoms with van der Waals surface area (Å²) in [6.45, 7) is 7.41. The molecule has 0 fully saturated rings. The topological polar surface area (TPSA) is 167 Å². The first-order valence-electron chi connectivity index (χ1n) is 12.2. The lowest BCUT2D eigenvalue weighted by Gasteiger charge is -2.32. The van der Waals surface area contributed by atoms with Gasteiger partial charge in [0.25, 0.3) is 11.8 Å². The Labute approximate surface area is 230 Å². The van der Waals surface area contributed by atoms with E-state index in [0.29, 0.717) is 40.7 Å². The van der Waals surface area contributed by atoms with Crippen LogP contribution in [0.4, 0.5) is 11.4 Å². The van der Waals surface area contributed by atoms with Gasteiger partial charge in [0, 0.05) is 5.69 Å². The summed E-state index contributed by atoms with van der Waals surface area (Å²) < 4.78 is 14.4. The number of hydrogen-bond acceptors (Lipinski definition) is 9. The van der Waals surface area contributed by atoms with Crippen LogP contribution in [0.2, 0.25) is 0 Å². The van der Waals surface area contributed by atoms with Gasteiger partial charge in [-0.3, -0.25) is 24.1 Å². The van der Waals surface area contributed by atoms with E-state index in [1.54, 1.807) is 50.2 Å². The lowest BCUT2D eigenvalue weighted by atomic mass is 10.0. The molecule has 0 saturated carbocycles. The Balaban J connectivity index is 2.19. The Morgan fingerprint density at radius 1 is 1.05 bits per heavy atom. The number of nitrogen functional groups attached to an aromatic ring is 1. The standard InChI is InChI=1S/C27H31N5O6S/c1-5-37-18-10-8-17(9-11-18)23(26(35)30-14-20(33)38-6-2)32(19-12-7-15(3)13-16(19)4)27(36)24-21(28)22(25(29)34)31-39-24/h7-13,23H,5-6,14,28H2,1-4H3,(H2,29,34)(H,30,35)/t23-/m1/s1. The molecule has 5 N–H and O–H groups in total. The second-order valence-electron chi connectivity index (χ2n) is 8.53. The highest BCUT2D eigenvalue weighted by Crippen LogP contribution is 2.35. The second kappa shape index (κ2) is 12.9. The molecule has 0 unspecified atom stereocenters. The quantitative estimate of drug-likeness (QED) is 0.305. The molecule has 3 aromatic rings. The molecule has 11 nitrogen and oxygen atoms in total. The number of primary amides is 1. The molecule has 1 atom stereocenters. The summed E-state index contributed by atoms with van der Waals surface area (Å²) in [5.41, 5.74) is 13.6. The monoisotopic (exact) mass is 553 g/mol. The van der Waals surface area contributed by atoms with Crippen LogP contribution in [0.25, 0.3) is 0 Å². The smallest absolute Gasteiger partial charge is 0.325 e. The van der Waals surface area contributed by atoms with E-state index in [2.05, 4.69) is 9.69 Å². The van der Waals surface area contributed by atoms with Gasteiger partial charge >= 0.3 is 5.97 Å². The number of esters is 1. The highest BCUT2D eigenvalue weighted by atomic mass is 32.1. The molecule has 0 spiro atoms. The van der Waals surface area contributed by atoms with Crippen LogP contribution in [-0.2, 0) is 14.3 Å². The fraction of sp³-hybridized carbons (Fsp3) is 0.296. The lowest BCUT2D eigenvalue weighted by molar-refractivity contribution is -0.143. The van der Waals surface area contributed by atoms with Gasteiger partial charge in [0.1, 0.15) is 23.2 Å². The number of aromatic nitrogens is 1. The summed E-state index contributed by atoms with van der Waals surface area (Å²) in [5.74, 6) is -2.24. The lowest BCUT2D eigenvalue weighted by Crippen LogP contribution is -2.45. The van der Waals surface area contributed by atoms with Gasteiger partial charge in [-0.15, -0.1) is 0 Å². The van der Waals surface area contributed by atoms with Gasteiger partial charge in [-0.1, -0.05) is 29.8 Å². The van der Waals surface area contributed by atoms with Crippen LogP contribution in [-0.4, -0.2) is 47.8 Å². The second-order valence-corrected chi connectivity index (χ2v) is 9.30. The number of carbonyl (C=O) groups is 4. The van der Waals surface area contributed by atoms with Crippen molar-refractivity contribution in [3.8, 4) is 5.75 Å². The van der Waals surface area contributed by atoms with Crippen LogP contribution in [0.15, 0.2) is 42.5 Å². The molecule has 2 aromatic carbocycles. The average molecular weight is 554 g/mol. The number of anilines is 2. The maximum atomic E-state index is 14.1. The molecular formula is C27H31N5O6S. The van der Waals surface area contributed by atoms with Crippen molar-refractivity contribution in [2.75, 3.05) is 30.4 Å². The van der Waals surface area contributed by atoms with Crippen LogP contribution in [0.5, 0.6) is 5.75 Å². The van der Waals surface area contributed by atoms with Gasteiger partial charge in [0.2, 0.25) is 5.91 Å². The predicted molar refractivity (Wildman–Crippen MR) is 148 cm³/mol. The number of nitrogens with two attached hydrogens (primary N) is 2. The molecule has 39 heavy (non-hydrogen) atoms. The molecule has 0 saturated heterocycles. The summed E-state index contributed by atoms with van der Waals surface area (Å²) in [4.78, 5) is 52.9. The third kappa shape index (κ3) is 6.71. The molecule has 0 bridgehead atoms. The van der Waals surface area contributed by atoms with Crippen molar-refractivity contribution in [1.82, 2.24) is 9.69 Å². The Hall–Kier alpha value is -4.45. The van der Waals surface area contributed by atoms with E-state index in [1.807, 2.05) is 19.9 Å². The van der Waals surface area contributed by atoms with Crippen LogP contribution in [0.1, 0.15) is 56.7 Å². The SMILES string of the molecule is CCOC(=O)CNC(=O)[C@@H](c1ccc(OCC)cc1)N(C(=O)c1snc(C(N)=O)c1N)c1ccc(C)cc1C.